The quantitative estimate of drug-likeness (QED) is 0.516. The Hall–Kier alpha value is -3.02. The van der Waals surface area contributed by atoms with Gasteiger partial charge in [0.1, 0.15) is 12.5 Å². The Balaban J connectivity index is 1.42. The summed E-state index contributed by atoms with van der Waals surface area (Å²) in [4.78, 5) is 22.5. The second-order valence-corrected chi connectivity index (χ2v) is 9.06. The normalized spacial score (nSPS) is 21.1. The van der Waals surface area contributed by atoms with Crippen molar-refractivity contribution in [1.29, 1.82) is 0 Å². The van der Waals surface area contributed by atoms with Crippen molar-refractivity contribution in [1.82, 2.24) is 14.9 Å². The molecule has 2 heterocycles. The van der Waals surface area contributed by atoms with Crippen LogP contribution in [0.1, 0.15) is 30.4 Å². The van der Waals surface area contributed by atoms with Crippen LogP contribution in [0.5, 0.6) is 0 Å². The summed E-state index contributed by atoms with van der Waals surface area (Å²) in [5.41, 5.74) is 5.02. The number of rotatable bonds is 9. The number of carbonyl (C=O) groups excluding carboxylic acids is 1. The zero-order valence-electron chi connectivity index (χ0n) is 18.9. The summed E-state index contributed by atoms with van der Waals surface area (Å²) in [6.45, 7) is 0.938. The second-order valence-electron chi connectivity index (χ2n) is 9.06. The van der Waals surface area contributed by atoms with E-state index in [2.05, 4.69) is 15.3 Å². The van der Waals surface area contributed by atoms with Crippen LogP contribution in [0.2, 0.25) is 0 Å². The van der Waals surface area contributed by atoms with E-state index in [1.165, 1.54) is 18.5 Å². The van der Waals surface area contributed by atoms with E-state index in [9.17, 15) is 22.4 Å². The van der Waals surface area contributed by atoms with Crippen LogP contribution >= 0.6 is 0 Å². The number of anilines is 2. The highest BCUT2D eigenvalue weighted by Gasteiger charge is 2.34. The summed E-state index contributed by atoms with van der Waals surface area (Å²) in [5.74, 6) is -1.59. The van der Waals surface area contributed by atoms with Crippen LogP contribution in [-0.4, -0.2) is 59.2 Å². The first-order valence-corrected chi connectivity index (χ1v) is 11.4. The Morgan fingerprint density at radius 1 is 1.17 bits per heavy atom. The maximum Gasteiger partial charge on any atom is 0.416 e. The molecular formula is C23H27F5N6O. The maximum atomic E-state index is 15.4. The van der Waals surface area contributed by atoms with Gasteiger partial charge in [0.2, 0.25) is 11.7 Å². The van der Waals surface area contributed by atoms with Crippen LogP contribution in [0, 0.1) is 11.7 Å². The van der Waals surface area contributed by atoms with E-state index >= 15 is 4.39 Å². The number of likely N-dealkylation sites (tertiary alicyclic amines) is 1. The number of amides is 1. The lowest BCUT2D eigenvalue weighted by Gasteiger charge is -2.34. The Bertz CT molecular complexity index is 1030. The average Bonchev–Trinajstić information content (AvgIpc) is 3.63. The highest BCUT2D eigenvalue weighted by atomic mass is 19.4. The van der Waals surface area contributed by atoms with E-state index < -0.39 is 29.6 Å². The molecule has 0 spiro atoms. The standard InChI is InChI=1S/C23H27F5N6O/c24-18-11-33(12-19(29)35)8-7-15(18)9-30-21-20(25)22(32-13-31-21)34(17-5-6-17)10-14-1-3-16(4-2-14)23(26,27)28/h1-4,13,15,17-18H,5-12H2,(H2,29,35)(H,30,31,32)/t15-,18-/m0/s1. The van der Waals surface area contributed by atoms with E-state index in [0.29, 0.717) is 18.5 Å². The molecule has 35 heavy (non-hydrogen) atoms. The molecule has 2 aromatic rings. The Labute approximate surface area is 199 Å². The fraction of sp³-hybridized carbons (Fsp3) is 0.522. The van der Waals surface area contributed by atoms with Crippen molar-refractivity contribution >= 4 is 17.5 Å². The monoisotopic (exact) mass is 498 g/mol. The van der Waals surface area contributed by atoms with Crippen LogP contribution < -0.4 is 16.0 Å². The third kappa shape index (κ3) is 6.36. The van der Waals surface area contributed by atoms with E-state index in [0.717, 1.165) is 25.0 Å². The van der Waals surface area contributed by atoms with Gasteiger partial charge in [-0.25, -0.2) is 14.4 Å². The molecule has 2 aliphatic rings. The third-order valence-electron chi connectivity index (χ3n) is 6.34. The lowest BCUT2D eigenvalue weighted by molar-refractivity contribution is -0.137. The Morgan fingerprint density at radius 3 is 2.49 bits per heavy atom. The summed E-state index contributed by atoms with van der Waals surface area (Å²) < 4.78 is 68.5. The molecule has 2 fully saturated rings. The summed E-state index contributed by atoms with van der Waals surface area (Å²) in [6, 6.07) is 4.79. The topological polar surface area (TPSA) is 87.4 Å². The van der Waals surface area contributed by atoms with Gasteiger partial charge in [-0.05, 0) is 43.5 Å². The third-order valence-corrected chi connectivity index (χ3v) is 6.34. The predicted molar refractivity (Wildman–Crippen MR) is 120 cm³/mol. The maximum absolute atomic E-state index is 15.4. The summed E-state index contributed by atoms with van der Waals surface area (Å²) in [7, 11) is 0. The number of nitrogens with one attached hydrogen (secondary N) is 1. The van der Waals surface area contributed by atoms with Gasteiger partial charge in [-0.3, -0.25) is 9.69 Å². The van der Waals surface area contributed by atoms with Gasteiger partial charge in [-0.15, -0.1) is 0 Å². The molecule has 1 saturated carbocycles. The van der Waals surface area contributed by atoms with Gasteiger partial charge in [0.25, 0.3) is 0 Å². The van der Waals surface area contributed by atoms with Gasteiger partial charge in [0.15, 0.2) is 11.6 Å². The molecule has 1 aliphatic heterocycles. The van der Waals surface area contributed by atoms with E-state index in [4.69, 9.17) is 5.73 Å². The lowest BCUT2D eigenvalue weighted by atomic mass is 9.95. The molecule has 2 atom stereocenters. The smallest absolute Gasteiger partial charge is 0.369 e. The molecule has 12 heteroatoms. The number of hydrogen-bond donors (Lipinski definition) is 2. The van der Waals surface area contributed by atoms with Crippen LogP contribution in [0.15, 0.2) is 30.6 Å². The van der Waals surface area contributed by atoms with Crippen molar-refractivity contribution in [3.8, 4) is 0 Å². The van der Waals surface area contributed by atoms with Crippen LogP contribution in [0.3, 0.4) is 0 Å². The number of nitrogens with zero attached hydrogens (tertiary/aromatic N) is 4. The zero-order valence-corrected chi connectivity index (χ0v) is 18.9. The van der Waals surface area contributed by atoms with E-state index in [-0.39, 0.29) is 49.8 Å². The number of hydrogen-bond acceptors (Lipinski definition) is 6. The van der Waals surface area contributed by atoms with Crippen molar-refractivity contribution in [3.05, 3.63) is 47.5 Å². The number of aromatic nitrogens is 2. The molecule has 0 radical (unpaired) electrons. The summed E-state index contributed by atoms with van der Waals surface area (Å²) in [6.07, 6.45) is -2.30. The van der Waals surface area contributed by atoms with Gasteiger partial charge >= 0.3 is 6.18 Å². The SMILES string of the molecule is NC(=O)CN1CC[C@@H](CNc2ncnc(N(Cc3ccc(C(F)(F)F)cc3)C3CC3)c2F)[C@@H](F)C1. The van der Waals surface area contributed by atoms with Gasteiger partial charge in [0.05, 0.1) is 12.1 Å². The second kappa shape index (κ2) is 10.3. The molecular weight excluding hydrogens is 471 g/mol. The fourth-order valence-corrected chi connectivity index (χ4v) is 4.28. The first-order valence-electron chi connectivity index (χ1n) is 11.4. The first kappa shape index (κ1) is 25.1. The Morgan fingerprint density at radius 2 is 1.89 bits per heavy atom. The highest BCUT2D eigenvalue weighted by Crippen LogP contribution is 2.35. The molecule has 190 valence electrons. The number of carbonyl (C=O) groups is 1. The molecule has 0 unspecified atom stereocenters. The van der Waals surface area contributed by atoms with Gasteiger partial charge in [0, 0.05) is 31.6 Å². The fourth-order valence-electron chi connectivity index (χ4n) is 4.28. The molecule has 1 aromatic carbocycles. The molecule has 7 nitrogen and oxygen atoms in total. The van der Waals surface area contributed by atoms with Crippen molar-refractivity contribution in [3.63, 3.8) is 0 Å². The molecule has 1 amide bonds. The minimum Gasteiger partial charge on any atom is -0.369 e. The number of alkyl halides is 4. The summed E-state index contributed by atoms with van der Waals surface area (Å²) >= 11 is 0. The molecule has 1 aromatic heterocycles. The average molecular weight is 499 g/mol. The van der Waals surface area contributed by atoms with Crippen LogP contribution in [0.4, 0.5) is 33.6 Å². The molecule has 0 bridgehead atoms. The predicted octanol–water partition coefficient (Wildman–Crippen LogP) is 3.36. The van der Waals surface area contributed by atoms with Gasteiger partial charge in [-0.1, -0.05) is 12.1 Å². The molecule has 4 rings (SSSR count). The van der Waals surface area contributed by atoms with Crippen molar-refractivity contribution in [2.75, 3.05) is 36.4 Å². The minimum absolute atomic E-state index is 0.000397. The number of nitrogens with two attached hydrogens (primary N) is 1. The number of primary amides is 1. The van der Waals surface area contributed by atoms with Gasteiger partial charge < -0.3 is 16.0 Å². The number of piperidine rings is 1. The van der Waals surface area contributed by atoms with E-state index in [1.807, 2.05) is 0 Å². The Kier molecular flexibility index (Phi) is 7.39. The first-order chi connectivity index (χ1) is 16.6. The van der Waals surface area contributed by atoms with Crippen molar-refractivity contribution < 1.29 is 26.7 Å². The lowest BCUT2D eigenvalue weighted by Crippen LogP contribution is -2.46. The highest BCUT2D eigenvalue weighted by molar-refractivity contribution is 5.75. The number of benzene rings is 1. The van der Waals surface area contributed by atoms with Gasteiger partial charge in [-0.2, -0.15) is 17.6 Å². The molecule has 1 saturated heterocycles. The van der Waals surface area contributed by atoms with Crippen LogP contribution in [-0.2, 0) is 17.5 Å². The van der Waals surface area contributed by atoms with Crippen molar-refractivity contribution in [2.24, 2.45) is 11.7 Å². The van der Waals surface area contributed by atoms with Crippen molar-refractivity contribution in [2.45, 2.75) is 44.2 Å². The van der Waals surface area contributed by atoms with Crippen LogP contribution in [0.25, 0.3) is 0 Å². The summed E-state index contributed by atoms with van der Waals surface area (Å²) in [5, 5.41) is 2.88. The molecule has 1 aliphatic carbocycles. The number of halogens is 5. The zero-order chi connectivity index (χ0) is 25.2. The largest absolute Gasteiger partial charge is 0.416 e. The molecule has 3 N–H and O–H groups in total. The minimum atomic E-state index is -4.43. The van der Waals surface area contributed by atoms with E-state index in [1.54, 1.807) is 9.80 Å².